The second-order valence-corrected chi connectivity index (χ2v) is 9.01. The predicted molar refractivity (Wildman–Crippen MR) is 121 cm³/mol. The van der Waals surface area contributed by atoms with E-state index in [0.29, 0.717) is 16.3 Å². The van der Waals surface area contributed by atoms with E-state index in [1.54, 1.807) is 0 Å². The Kier molecular flexibility index (Phi) is 7.07. The molecule has 1 amide bonds. The van der Waals surface area contributed by atoms with Crippen LogP contribution in [0.1, 0.15) is 47.9 Å². The van der Waals surface area contributed by atoms with Crippen molar-refractivity contribution >= 4 is 23.4 Å². The molecule has 0 aliphatic heterocycles. The molecule has 1 aromatic heterocycles. The Morgan fingerprint density at radius 2 is 1.65 bits per heavy atom. The Morgan fingerprint density at radius 3 is 2.23 bits per heavy atom. The van der Waals surface area contributed by atoms with Crippen molar-refractivity contribution in [2.75, 3.05) is 7.11 Å². The van der Waals surface area contributed by atoms with Gasteiger partial charge >= 0.3 is 12.1 Å². The third kappa shape index (κ3) is 6.15. The van der Waals surface area contributed by atoms with Crippen LogP contribution in [0.4, 0.5) is 4.79 Å². The SMILES string of the molecule is COC(=O)c1nc([C@H](Cc2ccccc2)NC(=O)OC(C)(C)C)sc1-c1ccccc1. The van der Waals surface area contributed by atoms with Gasteiger partial charge in [0.1, 0.15) is 10.6 Å². The maximum atomic E-state index is 12.5. The molecule has 1 atom stereocenters. The second kappa shape index (κ2) is 9.75. The van der Waals surface area contributed by atoms with Gasteiger partial charge in [-0.25, -0.2) is 14.6 Å². The first-order valence-electron chi connectivity index (χ1n) is 9.94. The van der Waals surface area contributed by atoms with Crippen LogP contribution in [0.3, 0.4) is 0 Å². The average molecular weight is 439 g/mol. The van der Waals surface area contributed by atoms with E-state index in [1.807, 2.05) is 81.4 Å². The number of thiazole rings is 1. The number of carbonyl (C=O) groups is 2. The van der Waals surface area contributed by atoms with Gasteiger partial charge in [0.2, 0.25) is 0 Å². The van der Waals surface area contributed by atoms with Crippen LogP contribution in [0, 0.1) is 0 Å². The first-order valence-corrected chi connectivity index (χ1v) is 10.8. The predicted octanol–water partition coefficient (Wildman–Crippen LogP) is 5.41. The summed E-state index contributed by atoms with van der Waals surface area (Å²) in [6.07, 6.45) is -0.0351. The van der Waals surface area contributed by atoms with Gasteiger partial charge in [-0.2, -0.15) is 0 Å². The summed E-state index contributed by atoms with van der Waals surface area (Å²) in [5.74, 6) is -0.517. The number of methoxy groups -OCH3 is 1. The number of esters is 1. The molecule has 0 bridgehead atoms. The Balaban J connectivity index is 2.00. The van der Waals surface area contributed by atoms with Gasteiger partial charge < -0.3 is 14.8 Å². The Hall–Kier alpha value is -3.19. The van der Waals surface area contributed by atoms with Crippen molar-refractivity contribution in [1.29, 1.82) is 0 Å². The molecule has 0 unspecified atom stereocenters. The van der Waals surface area contributed by atoms with Gasteiger partial charge in [-0.1, -0.05) is 60.7 Å². The molecule has 7 heteroatoms. The van der Waals surface area contributed by atoms with Crippen molar-refractivity contribution in [2.24, 2.45) is 0 Å². The quantitative estimate of drug-likeness (QED) is 0.521. The van der Waals surface area contributed by atoms with Crippen LogP contribution in [-0.2, 0) is 15.9 Å². The molecule has 0 spiro atoms. The number of aromatic nitrogens is 1. The van der Waals surface area contributed by atoms with Gasteiger partial charge in [0, 0.05) is 0 Å². The molecule has 0 fully saturated rings. The highest BCUT2D eigenvalue weighted by atomic mass is 32.1. The van der Waals surface area contributed by atoms with Crippen LogP contribution >= 0.6 is 11.3 Å². The summed E-state index contributed by atoms with van der Waals surface area (Å²) in [5.41, 5.74) is 1.50. The maximum absolute atomic E-state index is 12.5. The standard InChI is InChI=1S/C24H26N2O4S/c1-24(2,3)30-23(28)25-18(15-16-11-7-5-8-12-16)21-26-19(22(27)29-4)20(31-21)17-13-9-6-10-14-17/h5-14,18H,15H2,1-4H3,(H,25,28)/t18-/m0/s1. The number of benzene rings is 2. The lowest BCUT2D eigenvalue weighted by atomic mass is 10.1. The number of ether oxygens (including phenoxy) is 2. The number of amides is 1. The highest BCUT2D eigenvalue weighted by molar-refractivity contribution is 7.15. The first-order chi connectivity index (χ1) is 14.8. The zero-order valence-electron chi connectivity index (χ0n) is 18.0. The van der Waals surface area contributed by atoms with E-state index in [4.69, 9.17) is 9.47 Å². The molecule has 31 heavy (non-hydrogen) atoms. The van der Waals surface area contributed by atoms with Crippen LogP contribution in [0.15, 0.2) is 60.7 Å². The summed E-state index contributed by atoms with van der Waals surface area (Å²) in [4.78, 5) is 30.2. The lowest BCUT2D eigenvalue weighted by Crippen LogP contribution is -2.35. The molecule has 1 heterocycles. The fourth-order valence-corrected chi connectivity index (χ4v) is 4.12. The third-order valence-electron chi connectivity index (χ3n) is 4.33. The first kappa shape index (κ1) is 22.5. The molecular weight excluding hydrogens is 412 g/mol. The van der Waals surface area contributed by atoms with E-state index in [0.717, 1.165) is 11.1 Å². The molecule has 0 aliphatic carbocycles. The highest BCUT2D eigenvalue weighted by Crippen LogP contribution is 2.34. The summed E-state index contributed by atoms with van der Waals surface area (Å²) in [6, 6.07) is 18.8. The smallest absolute Gasteiger partial charge is 0.408 e. The molecule has 3 rings (SSSR count). The van der Waals surface area contributed by atoms with Crippen molar-refractivity contribution in [3.8, 4) is 10.4 Å². The van der Waals surface area contributed by atoms with Gasteiger partial charge in [-0.15, -0.1) is 11.3 Å². The Bertz CT molecular complexity index is 1030. The van der Waals surface area contributed by atoms with E-state index >= 15 is 0 Å². The molecule has 162 valence electrons. The largest absolute Gasteiger partial charge is 0.464 e. The van der Waals surface area contributed by atoms with Crippen molar-refractivity contribution in [3.63, 3.8) is 0 Å². The third-order valence-corrected chi connectivity index (χ3v) is 5.55. The number of hydrogen-bond acceptors (Lipinski definition) is 6. The Labute approximate surface area is 186 Å². The lowest BCUT2D eigenvalue weighted by molar-refractivity contribution is 0.0503. The Morgan fingerprint density at radius 1 is 1.03 bits per heavy atom. The number of rotatable bonds is 6. The number of hydrogen-bond donors (Lipinski definition) is 1. The molecule has 6 nitrogen and oxygen atoms in total. The summed E-state index contributed by atoms with van der Waals surface area (Å²) in [6.45, 7) is 5.43. The monoisotopic (exact) mass is 438 g/mol. The van der Waals surface area contributed by atoms with Crippen molar-refractivity contribution in [3.05, 3.63) is 76.9 Å². The minimum atomic E-state index is -0.628. The summed E-state index contributed by atoms with van der Waals surface area (Å²) >= 11 is 1.36. The highest BCUT2D eigenvalue weighted by Gasteiger charge is 2.27. The van der Waals surface area contributed by atoms with Gasteiger partial charge in [-0.05, 0) is 38.3 Å². The second-order valence-electron chi connectivity index (χ2n) is 7.98. The van der Waals surface area contributed by atoms with Gasteiger partial charge in [0.25, 0.3) is 0 Å². The van der Waals surface area contributed by atoms with Crippen LogP contribution in [0.25, 0.3) is 10.4 Å². The molecule has 0 saturated carbocycles. The van der Waals surface area contributed by atoms with E-state index in [9.17, 15) is 9.59 Å². The summed E-state index contributed by atoms with van der Waals surface area (Å²) in [5, 5.41) is 3.53. The number of carbonyl (C=O) groups excluding carboxylic acids is 2. The fraction of sp³-hybridized carbons (Fsp3) is 0.292. The molecular formula is C24H26N2O4S. The number of nitrogens with zero attached hydrogens (tertiary/aromatic N) is 1. The molecule has 0 aliphatic rings. The van der Waals surface area contributed by atoms with Gasteiger partial charge in [0.15, 0.2) is 5.69 Å². The molecule has 0 radical (unpaired) electrons. The van der Waals surface area contributed by atoms with Gasteiger partial charge in [0.05, 0.1) is 18.0 Å². The minimum Gasteiger partial charge on any atom is -0.464 e. The summed E-state index contributed by atoms with van der Waals surface area (Å²) < 4.78 is 10.4. The fourth-order valence-electron chi connectivity index (χ4n) is 3.01. The molecule has 3 aromatic rings. The van der Waals surface area contributed by atoms with Crippen LogP contribution in [0.5, 0.6) is 0 Å². The lowest BCUT2D eigenvalue weighted by Gasteiger charge is -2.23. The van der Waals surface area contributed by atoms with Crippen LogP contribution < -0.4 is 5.32 Å². The van der Waals surface area contributed by atoms with E-state index in [-0.39, 0.29) is 5.69 Å². The van der Waals surface area contributed by atoms with Crippen LogP contribution in [-0.4, -0.2) is 29.8 Å². The van der Waals surface area contributed by atoms with E-state index in [1.165, 1.54) is 18.4 Å². The maximum Gasteiger partial charge on any atom is 0.408 e. The average Bonchev–Trinajstić information content (AvgIpc) is 3.18. The van der Waals surface area contributed by atoms with E-state index < -0.39 is 23.7 Å². The van der Waals surface area contributed by atoms with Gasteiger partial charge in [-0.3, -0.25) is 0 Å². The summed E-state index contributed by atoms with van der Waals surface area (Å²) in [7, 11) is 1.33. The normalized spacial score (nSPS) is 12.1. The topological polar surface area (TPSA) is 77.5 Å². The zero-order chi connectivity index (χ0) is 22.4. The van der Waals surface area contributed by atoms with E-state index in [2.05, 4.69) is 10.3 Å². The van der Waals surface area contributed by atoms with Crippen molar-refractivity contribution < 1.29 is 19.1 Å². The molecule has 0 saturated heterocycles. The number of nitrogens with one attached hydrogen (secondary N) is 1. The minimum absolute atomic E-state index is 0.234. The molecule has 1 N–H and O–H groups in total. The van der Waals surface area contributed by atoms with Crippen molar-refractivity contribution in [2.45, 2.75) is 38.8 Å². The molecule has 2 aromatic carbocycles. The van der Waals surface area contributed by atoms with Crippen molar-refractivity contribution in [1.82, 2.24) is 10.3 Å². The zero-order valence-corrected chi connectivity index (χ0v) is 18.9. The van der Waals surface area contributed by atoms with Crippen LogP contribution in [0.2, 0.25) is 0 Å². The number of alkyl carbamates (subject to hydrolysis) is 1.